The van der Waals surface area contributed by atoms with Crippen LogP contribution in [0.15, 0.2) is 29.2 Å². The molecule has 9 heteroatoms. The predicted molar refractivity (Wildman–Crippen MR) is 68.6 cm³/mol. The van der Waals surface area contributed by atoms with Crippen LogP contribution in [0.3, 0.4) is 0 Å². The standard InChI is InChI=1S/C10H9N3O4S2/c1-7-11-12-10(18-7)6-19(16,17)9-4-2-8(3-5-9)13(14)15/h2-5H,6H2,1H3. The van der Waals surface area contributed by atoms with Crippen LogP contribution in [0.5, 0.6) is 0 Å². The van der Waals surface area contributed by atoms with Gasteiger partial charge in [-0.2, -0.15) is 0 Å². The van der Waals surface area contributed by atoms with Gasteiger partial charge in [-0.25, -0.2) is 8.42 Å². The molecule has 0 saturated heterocycles. The molecule has 100 valence electrons. The van der Waals surface area contributed by atoms with Gasteiger partial charge in [-0.05, 0) is 19.1 Å². The Morgan fingerprint density at radius 1 is 1.26 bits per heavy atom. The summed E-state index contributed by atoms with van der Waals surface area (Å²) in [7, 11) is -3.56. The first-order valence-electron chi connectivity index (χ1n) is 5.15. The largest absolute Gasteiger partial charge is 0.269 e. The molecule has 0 atom stereocenters. The molecule has 0 fully saturated rings. The summed E-state index contributed by atoms with van der Waals surface area (Å²) >= 11 is 1.21. The molecule has 1 aromatic heterocycles. The van der Waals surface area contributed by atoms with Crippen molar-refractivity contribution >= 4 is 26.9 Å². The first kappa shape index (κ1) is 13.6. The molecule has 2 aromatic rings. The zero-order valence-corrected chi connectivity index (χ0v) is 11.4. The van der Waals surface area contributed by atoms with Gasteiger partial charge >= 0.3 is 0 Å². The van der Waals surface area contributed by atoms with E-state index in [1.165, 1.54) is 23.5 Å². The van der Waals surface area contributed by atoms with Gasteiger partial charge in [0.1, 0.15) is 15.8 Å². The Kier molecular flexibility index (Phi) is 3.58. The number of nitro groups is 1. The van der Waals surface area contributed by atoms with Crippen LogP contribution in [-0.2, 0) is 15.6 Å². The van der Waals surface area contributed by atoms with Gasteiger partial charge < -0.3 is 0 Å². The van der Waals surface area contributed by atoms with Gasteiger partial charge in [0.25, 0.3) is 5.69 Å². The average molecular weight is 299 g/mol. The maximum Gasteiger partial charge on any atom is 0.269 e. The van der Waals surface area contributed by atoms with E-state index in [-0.39, 0.29) is 16.3 Å². The second kappa shape index (κ2) is 5.02. The number of hydrogen-bond acceptors (Lipinski definition) is 7. The van der Waals surface area contributed by atoms with E-state index in [2.05, 4.69) is 10.2 Å². The Morgan fingerprint density at radius 2 is 1.89 bits per heavy atom. The number of benzene rings is 1. The summed E-state index contributed by atoms with van der Waals surface area (Å²) in [4.78, 5) is 9.95. The predicted octanol–water partition coefficient (Wildman–Crippen LogP) is 1.73. The minimum Gasteiger partial charge on any atom is -0.258 e. The third-order valence-electron chi connectivity index (χ3n) is 2.29. The van der Waals surface area contributed by atoms with Gasteiger partial charge in [0.05, 0.1) is 9.82 Å². The van der Waals surface area contributed by atoms with Crippen molar-refractivity contribution in [2.45, 2.75) is 17.6 Å². The zero-order valence-electron chi connectivity index (χ0n) is 9.81. The van der Waals surface area contributed by atoms with E-state index < -0.39 is 14.8 Å². The Labute approximate surface area is 113 Å². The highest BCUT2D eigenvalue weighted by Gasteiger charge is 2.19. The van der Waals surface area contributed by atoms with Crippen molar-refractivity contribution in [2.75, 3.05) is 0 Å². The lowest BCUT2D eigenvalue weighted by molar-refractivity contribution is -0.384. The highest BCUT2D eigenvalue weighted by molar-refractivity contribution is 7.90. The molecule has 0 radical (unpaired) electrons. The summed E-state index contributed by atoms with van der Waals surface area (Å²) in [5, 5.41) is 19.1. The molecular formula is C10H9N3O4S2. The molecule has 0 N–H and O–H groups in total. The fraction of sp³-hybridized carbons (Fsp3) is 0.200. The first-order valence-corrected chi connectivity index (χ1v) is 7.61. The monoisotopic (exact) mass is 299 g/mol. The van der Waals surface area contributed by atoms with E-state index in [0.29, 0.717) is 10.0 Å². The molecule has 0 bridgehead atoms. The summed E-state index contributed by atoms with van der Waals surface area (Å²) in [5.41, 5.74) is -0.147. The van der Waals surface area contributed by atoms with Crippen molar-refractivity contribution < 1.29 is 13.3 Å². The van der Waals surface area contributed by atoms with Crippen LogP contribution in [0, 0.1) is 17.0 Å². The minimum atomic E-state index is -3.56. The normalized spacial score (nSPS) is 11.4. The average Bonchev–Trinajstić information content (AvgIpc) is 2.74. The highest BCUT2D eigenvalue weighted by Crippen LogP contribution is 2.21. The number of aryl methyl sites for hydroxylation is 1. The Bertz CT molecular complexity index is 707. The molecule has 19 heavy (non-hydrogen) atoms. The van der Waals surface area contributed by atoms with Crippen molar-refractivity contribution in [1.82, 2.24) is 10.2 Å². The molecule has 7 nitrogen and oxygen atoms in total. The van der Waals surface area contributed by atoms with Crippen LogP contribution in [0.25, 0.3) is 0 Å². The van der Waals surface area contributed by atoms with Gasteiger partial charge in [-0.3, -0.25) is 10.1 Å². The molecule has 0 aliphatic carbocycles. The van der Waals surface area contributed by atoms with Gasteiger partial charge in [0.2, 0.25) is 0 Å². The minimum absolute atomic E-state index is 0.0333. The lowest BCUT2D eigenvalue weighted by Crippen LogP contribution is -2.05. The Balaban J connectivity index is 2.26. The van der Waals surface area contributed by atoms with Gasteiger partial charge in [0.15, 0.2) is 9.84 Å². The Hall–Kier alpha value is -1.87. The van der Waals surface area contributed by atoms with E-state index in [0.717, 1.165) is 12.1 Å². The molecule has 0 unspecified atom stereocenters. The summed E-state index contributed by atoms with van der Waals surface area (Å²) in [6.07, 6.45) is 0. The first-order chi connectivity index (χ1) is 8.88. The molecule has 0 aliphatic heterocycles. The number of hydrogen-bond donors (Lipinski definition) is 0. The van der Waals surface area contributed by atoms with E-state index >= 15 is 0 Å². The van der Waals surface area contributed by atoms with E-state index in [9.17, 15) is 18.5 Å². The molecule has 2 rings (SSSR count). The number of nitro benzene ring substituents is 1. The fourth-order valence-corrected chi connectivity index (χ4v) is 3.72. The van der Waals surface area contributed by atoms with Crippen LogP contribution in [0.4, 0.5) is 5.69 Å². The smallest absolute Gasteiger partial charge is 0.258 e. The van der Waals surface area contributed by atoms with E-state index in [1.807, 2.05) is 0 Å². The third kappa shape index (κ3) is 3.12. The number of nitrogens with zero attached hydrogens (tertiary/aromatic N) is 3. The van der Waals surface area contributed by atoms with Crippen LogP contribution >= 0.6 is 11.3 Å². The zero-order chi connectivity index (χ0) is 14.0. The maximum atomic E-state index is 12.1. The lowest BCUT2D eigenvalue weighted by Gasteiger charge is -2.01. The second-order valence-electron chi connectivity index (χ2n) is 3.72. The summed E-state index contributed by atoms with van der Waals surface area (Å²) in [6.45, 7) is 1.74. The Morgan fingerprint density at radius 3 is 2.37 bits per heavy atom. The lowest BCUT2D eigenvalue weighted by atomic mass is 10.3. The number of non-ortho nitro benzene ring substituents is 1. The van der Waals surface area contributed by atoms with Crippen LogP contribution in [0.2, 0.25) is 0 Å². The van der Waals surface area contributed by atoms with Crippen LogP contribution in [0.1, 0.15) is 10.0 Å². The van der Waals surface area contributed by atoms with Crippen LogP contribution < -0.4 is 0 Å². The summed E-state index contributed by atoms with van der Waals surface area (Å²) < 4.78 is 24.1. The summed E-state index contributed by atoms with van der Waals surface area (Å²) in [6, 6.07) is 4.78. The van der Waals surface area contributed by atoms with Crippen molar-refractivity contribution in [1.29, 1.82) is 0 Å². The highest BCUT2D eigenvalue weighted by atomic mass is 32.2. The fourth-order valence-electron chi connectivity index (χ4n) is 1.42. The molecule has 0 amide bonds. The number of rotatable bonds is 4. The van der Waals surface area contributed by atoms with Crippen molar-refractivity contribution in [3.05, 3.63) is 44.4 Å². The third-order valence-corrected chi connectivity index (χ3v) is 4.95. The quantitative estimate of drug-likeness (QED) is 0.629. The van der Waals surface area contributed by atoms with Gasteiger partial charge in [-0.1, -0.05) is 0 Å². The van der Waals surface area contributed by atoms with Gasteiger partial charge in [0, 0.05) is 12.1 Å². The molecule has 0 aliphatic rings. The molecule has 1 aromatic carbocycles. The number of aromatic nitrogens is 2. The molecule has 0 saturated carbocycles. The SMILES string of the molecule is Cc1nnc(CS(=O)(=O)c2ccc([N+](=O)[O-])cc2)s1. The topological polar surface area (TPSA) is 103 Å². The van der Waals surface area contributed by atoms with E-state index in [4.69, 9.17) is 0 Å². The number of sulfone groups is 1. The maximum absolute atomic E-state index is 12.1. The molecule has 1 heterocycles. The second-order valence-corrected chi connectivity index (χ2v) is 6.98. The van der Waals surface area contributed by atoms with Crippen LogP contribution in [-0.4, -0.2) is 23.5 Å². The molecule has 0 spiro atoms. The summed E-state index contributed by atoms with van der Waals surface area (Å²) in [5.74, 6) is -0.254. The van der Waals surface area contributed by atoms with Crippen molar-refractivity contribution in [2.24, 2.45) is 0 Å². The molecular weight excluding hydrogens is 290 g/mol. The van der Waals surface area contributed by atoms with Gasteiger partial charge in [-0.15, -0.1) is 21.5 Å². The van der Waals surface area contributed by atoms with Crippen molar-refractivity contribution in [3.63, 3.8) is 0 Å². The van der Waals surface area contributed by atoms with E-state index in [1.54, 1.807) is 6.92 Å². The van der Waals surface area contributed by atoms with Crippen molar-refractivity contribution in [3.8, 4) is 0 Å².